The van der Waals surface area contributed by atoms with Gasteiger partial charge in [0.1, 0.15) is 11.8 Å². The maximum Gasteiger partial charge on any atom is 0.267 e. The number of aliphatic hydroxyl groups excluding tert-OH is 1. The summed E-state index contributed by atoms with van der Waals surface area (Å²) in [5.41, 5.74) is 0.494. The van der Waals surface area contributed by atoms with Gasteiger partial charge in [-0.25, -0.2) is 0 Å². The van der Waals surface area contributed by atoms with Crippen molar-refractivity contribution < 1.29 is 9.90 Å². The molecule has 1 unspecified atom stereocenters. The summed E-state index contributed by atoms with van der Waals surface area (Å²) in [6.07, 6.45) is 1.00. The average Bonchev–Trinajstić information content (AvgIpc) is 3.12. The third kappa shape index (κ3) is 2.59. The highest BCUT2D eigenvalue weighted by Crippen LogP contribution is 2.29. The lowest BCUT2D eigenvalue weighted by atomic mass is 10.2. The van der Waals surface area contributed by atoms with Crippen LogP contribution in [0.4, 0.5) is 0 Å². The first-order valence-electron chi connectivity index (χ1n) is 6.32. The maximum atomic E-state index is 11.8. The van der Waals surface area contributed by atoms with E-state index in [1.165, 1.54) is 0 Å². The number of H-pyrrole nitrogens is 1. The molecule has 0 fully saturated rings. The third-order valence-corrected chi connectivity index (χ3v) is 4.29. The normalized spacial score (nSPS) is 12.4. The topological polar surface area (TPSA) is 65.1 Å². The van der Waals surface area contributed by atoms with Crippen molar-refractivity contribution in [3.05, 3.63) is 59.2 Å². The second-order valence-corrected chi connectivity index (χ2v) is 5.61. The molecule has 3 rings (SSSR count). The molecule has 102 valence electrons. The van der Waals surface area contributed by atoms with Gasteiger partial charge in [-0.3, -0.25) is 4.79 Å². The van der Waals surface area contributed by atoms with E-state index < -0.39 is 6.10 Å². The van der Waals surface area contributed by atoms with Gasteiger partial charge in [-0.2, -0.15) is 0 Å². The largest absolute Gasteiger partial charge is 0.386 e. The quantitative estimate of drug-likeness (QED) is 0.690. The van der Waals surface area contributed by atoms with Crippen molar-refractivity contribution in [2.75, 3.05) is 6.54 Å². The van der Waals surface area contributed by atoms with Crippen molar-refractivity contribution in [2.45, 2.75) is 6.10 Å². The summed E-state index contributed by atoms with van der Waals surface area (Å²) in [4.78, 5) is 15.5. The van der Waals surface area contributed by atoms with Crippen molar-refractivity contribution in [3.63, 3.8) is 0 Å². The molecule has 5 heteroatoms. The van der Waals surface area contributed by atoms with Crippen LogP contribution >= 0.6 is 11.3 Å². The Hall–Kier alpha value is -2.11. The lowest BCUT2D eigenvalue weighted by molar-refractivity contribution is 0.0913. The minimum absolute atomic E-state index is 0.199. The van der Waals surface area contributed by atoms with Crippen LogP contribution in [0.1, 0.15) is 21.5 Å². The first-order valence-corrected chi connectivity index (χ1v) is 7.14. The molecule has 3 aromatic rings. The van der Waals surface area contributed by atoms with E-state index in [2.05, 4.69) is 10.3 Å². The second-order valence-electron chi connectivity index (χ2n) is 4.50. The Labute approximate surface area is 120 Å². The molecule has 0 aliphatic carbocycles. The molecule has 1 atom stereocenters. The van der Waals surface area contributed by atoms with Crippen LogP contribution in [0.2, 0.25) is 0 Å². The molecule has 4 nitrogen and oxygen atoms in total. The van der Waals surface area contributed by atoms with Gasteiger partial charge in [0.15, 0.2) is 0 Å². The van der Waals surface area contributed by atoms with Gasteiger partial charge >= 0.3 is 0 Å². The standard InChI is InChI=1S/C15H14N2O2S/c18-12(9-17-15(19)11-5-3-7-16-11)14-8-10-4-1-2-6-13(10)20-14/h1-8,12,16,18H,9H2,(H,17,19). The molecular weight excluding hydrogens is 272 g/mol. The van der Waals surface area contributed by atoms with E-state index in [-0.39, 0.29) is 12.5 Å². The number of hydrogen-bond donors (Lipinski definition) is 3. The van der Waals surface area contributed by atoms with Crippen LogP contribution in [0.25, 0.3) is 10.1 Å². The second kappa shape index (κ2) is 5.48. The fourth-order valence-corrected chi connectivity index (χ4v) is 3.07. The summed E-state index contributed by atoms with van der Waals surface area (Å²) in [6, 6.07) is 13.4. The average molecular weight is 286 g/mol. The molecule has 2 aromatic heterocycles. The van der Waals surface area contributed by atoms with Gasteiger partial charge in [-0.1, -0.05) is 18.2 Å². The molecule has 0 saturated heterocycles. The number of carbonyl (C=O) groups excluding carboxylic acids is 1. The summed E-state index contributed by atoms with van der Waals surface area (Å²) in [5.74, 6) is -0.213. The molecule has 0 aliphatic rings. The van der Waals surface area contributed by atoms with E-state index >= 15 is 0 Å². The predicted molar refractivity (Wildman–Crippen MR) is 79.9 cm³/mol. The number of hydrogen-bond acceptors (Lipinski definition) is 3. The van der Waals surface area contributed by atoms with Gasteiger partial charge < -0.3 is 15.4 Å². The predicted octanol–water partition coefficient (Wildman–Crippen LogP) is 2.69. The SMILES string of the molecule is O=C(NCC(O)c1cc2ccccc2s1)c1ccc[nH]1. The third-order valence-electron chi connectivity index (χ3n) is 3.07. The fourth-order valence-electron chi connectivity index (χ4n) is 2.02. The fraction of sp³-hybridized carbons (Fsp3) is 0.133. The van der Waals surface area contributed by atoms with Gasteiger partial charge in [-0.15, -0.1) is 11.3 Å². The zero-order valence-corrected chi connectivity index (χ0v) is 11.5. The Morgan fingerprint density at radius 2 is 2.15 bits per heavy atom. The Bertz CT molecular complexity index is 685. The molecule has 1 aromatic carbocycles. The highest BCUT2D eigenvalue weighted by Gasteiger charge is 2.13. The van der Waals surface area contributed by atoms with Crippen molar-refractivity contribution in [1.29, 1.82) is 0 Å². The maximum absolute atomic E-state index is 11.8. The summed E-state index contributed by atoms with van der Waals surface area (Å²) < 4.78 is 1.14. The van der Waals surface area contributed by atoms with E-state index in [1.54, 1.807) is 29.7 Å². The monoisotopic (exact) mass is 286 g/mol. The van der Waals surface area contributed by atoms with Crippen LogP contribution in [-0.4, -0.2) is 22.5 Å². The molecule has 1 amide bonds. The highest BCUT2D eigenvalue weighted by molar-refractivity contribution is 7.19. The molecular formula is C15H14N2O2S. The molecule has 20 heavy (non-hydrogen) atoms. The van der Waals surface area contributed by atoms with E-state index in [1.807, 2.05) is 30.3 Å². The number of fused-ring (bicyclic) bond motifs is 1. The minimum atomic E-state index is -0.689. The molecule has 3 N–H and O–H groups in total. The van der Waals surface area contributed by atoms with Crippen LogP contribution in [-0.2, 0) is 0 Å². The van der Waals surface area contributed by atoms with Crippen LogP contribution < -0.4 is 5.32 Å². The number of rotatable bonds is 4. The zero-order chi connectivity index (χ0) is 13.9. The number of carbonyl (C=O) groups is 1. The van der Waals surface area contributed by atoms with E-state index in [0.717, 1.165) is 15.0 Å². The number of benzene rings is 1. The molecule has 0 spiro atoms. The Balaban J connectivity index is 1.67. The first-order chi connectivity index (χ1) is 9.74. The van der Waals surface area contributed by atoms with Crippen LogP contribution in [0.15, 0.2) is 48.7 Å². The Morgan fingerprint density at radius 3 is 2.90 bits per heavy atom. The van der Waals surface area contributed by atoms with Crippen LogP contribution in [0, 0.1) is 0 Å². The van der Waals surface area contributed by atoms with Crippen molar-refractivity contribution in [1.82, 2.24) is 10.3 Å². The molecule has 0 bridgehead atoms. The number of amides is 1. The van der Waals surface area contributed by atoms with Gasteiger partial charge in [0.05, 0.1) is 0 Å². The van der Waals surface area contributed by atoms with E-state index in [9.17, 15) is 9.90 Å². The van der Waals surface area contributed by atoms with Gasteiger partial charge in [0, 0.05) is 22.3 Å². The molecule has 0 radical (unpaired) electrons. The molecule has 0 saturated carbocycles. The number of aromatic amines is 1. The minimum Gasteiger partial charge on any atom is -0.386 e. The van der Waals surface area contributed by atoms with E-state index in [4.69, 9.17) is 0 Å². The van der Waals surface area contributed by atoms with Crippen LogP contribution in [0.5, 0.6) is 0 Å². The summed E-state index contributed by atoms with van der Waals surface area (Å²) in [7, 11) is 0. The highest BCUT2D eigenvalue weighted by atomic mass is 32.1. The molecule has 2 heterocycles. The van der Waals surface area contributed by atoms with Crippen molar-refractivity contribution in [3.8, 4) is 0 Å². The van der Waals surface area contributed by atoms with Crippen LogP contribution in [0.3, 0.4) is 0 Å². The number of nitrogens with one attached hydrogen (secondary N) is 2. The Kier molecular flexibility index (Phi) is 3.54. The van der Waals surface area contributed by atoms with Crippen molar-refractivity contribution >= 4 is 27.3 Å². The first kappa shape index (κ1) is 12.9. The summed E-state index contributed by atoms with van der Waals surface area (Å²) in [6.45, 7) is 0.199. The lowest BCUT2D eigenvalue weighted by Gasteiger charge is -2.09. The Morgan fingerprint density at radius 1 is 1.30 bits per heavy atom. The summed E-state index contributed by atoms with van der Waals surface area (Å²) >= 11 is 1.55. The summed E-state index contributed by atoms with van der Waals surface area (Å²) in [5, 5.41) is 14.0. The number of aliphatic hydroxyl groups is 1. The van der Waals surface area contributed by atoms with Gasteiger partial charge in [0.2, 0.25) is 0 Å². The van der Waals surface area contributed by atoms with Gasteiger partial charge in [-0.05, 0) is 29.7 Å². The molecule has 0 aliphatic heterocycles. The van der Waals surface area contributed by atoms with E-state index in [0.29, 0.717) is 5.69 Å². The number of aromatic nitrogens is 1. The lowest BCUT2D eigenvalue weighted by Crippen LogP contribution is -2.28. The van der Waals surface area contributed by atoms with Crippen molar-refractivity contribution in [2.24, 2.45) is 0 Å². The number of thiophene rings is 1. The zero-order valence-electron chi connectivity index (χ0n) is 10.7. The smallest absolute Gasteiger partial charge is 0.267 e. The van der Waals surface area contributed by atoms with Gasteiger partial charge in [0.25, 0.3) is 5.91 Å².